The summed E-state index contributed by atoms with van der Waals surface area (Å²) >= 11 is 0. The van der Waals surface area contributed by atoms with Crippen LogP contribution in [-0.4, -0.2) is 31.0 Å². The van der Waals surface area contributed by atoms with Crippen LogP contribution in [0.5, 0.6) is 0 Å². The first-order valence-electron chi connectivity index (χ1n) is 4.22. The van der Waals surface area contributed by atoms with Crippen molar-refractivity contribution >= 4 is 26.3 Å². The summed E-state index contributed by atoms with van der Waals surface area (Å²) in [5, 5.41) is -1.65. The van der Waals surface area contributed by atoms with Gasteiger partial charge in [0.25, 0.3) is 20.2 Å². The molecule has 0 radical (unpaired) electrons. The predicted octanol–water partition coefficient (Wildman–Crippen LogP) is 1.05. The van der Waals surface area contributed by atoms with Gasteiger partial charge in [0.15, 0.2) is 0 Å². The van der Waals surface area contributed by atoms with Crippen molar-refractivity contribution < 1.29 is 25.9 Å². The van der Waals surface area contributed by atoms with Gasteiger partial charge in [0, 0.05) is 0 Å². The molecule has 0 aliphatic heterocycles. The Kier molecular flexibility index (Phi) is 6.03. The van der Waals surface area contributed by atoms with Gasteiger partial charge in [0.2, 0.25) is 5.08 Å². The lowest BCUT2D eigenvalue weighted by Crippen LogP contribution is -2.13. The van der Waals surface area contributed by atoms with Crippen LogP contribution in [0.15, 0.2) is 36.9 Å². The van der Waals surface area contributed by atoms with Crippen molar-refractivity contribution in [2.75, 3.05) is 5.08 Å². The zero-order valence-corrected chi connectivity index (χ0v) is 10.4. The third kappa shape index (κ3) is 11.1. The van der Waals surface area contributed by atoms with E-state index in [1.807, 2.05) is 36.4 Å². The average Bonchev–Trinajstić information content (AvgIpc) is 2.14. The Morgan fingerprint density at radius 1 is 1.00 bits per heavy atom. The van der Waals surface area contributed by atoms with E-state index in [0.717, 1.165) is 0 Å². The van der Waals surface area contributed by atoms with Gasteiger partial charge in [0.05, 0.1) is 0 Å². The van der Waals surface area contributed by atoms with Gasteiger partial charge >= 0.3 is 0 Å². The minimum absolute atomic E-state index is 1.17. The van der Waals surface area contributed by atoms with Gasteiger partial charge in [-0.15, -0.1) is 0 Å². The summed E-state index contributed by atoms with van der Waals surface area (Å²) < 4.78 is 54.2. The molecule has 0 amide bonds. The van der Waals surface area contributed by atoms with E-state index >= 15 is 0 Å². The molecule has 2 N–H and O–H groups in total. The predicted molar refractivity (Wildman–Crippen MR) is 64.5 cm³/mol. The second-order valence-corrected chi connectivity index (χ2v) is 6.17. The summed E-state index contributed by atoms with van der Waals surface area (Å²) in [6.45, 7) is 3.63. The first-order valence-corrected chi connectivity index (χ1v) is 7.44. The second kappa shape index (κ2) is 6.50. The first-order chi connectivity index (χ1) is 7.64. The molecule has 0 heterocycles. The fraction of sp³-hybridized carbons (Fsp3) is 0.111. The SMILES string of the molecule is C=Cc1ccccc1.O=S(=O)(O)CS(=O)(=O)O. The van der Waals surface area contributed by atoms with E-state index in [2.05, 4.69) is 6.58 Å². The Morgan fingerprint density at radius 2 is 1.41 bits per heavy atom. The molecule has 0 unspecified atom stereocenters. The highest BCUT2D eigenvalue weighted by molar-refractivity contribution is 8.02. The van der Waals surface area contributed by atoms with E-state index in [1.54, 1.807) is 0 Å². The maximum Gasteiger partial charge on any atom is 0.281 e. The van der Waals surface area contributed by atoms with Crippen LogP contribution in [0.3, 0.4) is 0 Å². The quantitative estimate of drug-likeness (QED) is 0.801. The molecule has 1 aromatic rings. The van der Waals surface area contributed by atoms with Gasteiger partial charge in [-0.1, -0.05) is 43.0 Å². The molecule has 0 saturated carbocycles. The normalized spacial score (nSPS) is 11.2. The molecule has 1 rings (SSSR count). The highest BCUT2D eigenvalue weighted by Gasteiger charge is 2.15. The lowest BCUT2D eigenvalue weighted by Gasteiger charge is -1.89. The summed E-state index contributed by atoms with van der Waals surface area (Å²) in [4.78, 5) is 0. The minimum atomic E-state index is -4.62. The highest BCUT2D eigenvalue weighted by Crippen LogP contribution is 1.97. The standard InChI is InChI=1S/C8H8.CH4O6S2/c1-2-8-6-4-3-5-7-8;2-8(3,4)1-9(5,6)7/h2-7H,1H2;1H2,(H,2,3,4)(H,5,6,7). The van der Waals surface area contributed by atoms with Crippen molar-refractivity contribution in [3.05, 3.63) is 42.5 Å². The smallest absolute Gasteiger partial charge is 0.281 e. The van der Waals surface area contributed by atoms with Crippen molar-refractivity contribution in [1.82, 2.24) is 0 Å². The van der Waals surface area contributed by atoms with Gasteiger partial charge in [-0.05, 0) is 5.56 Å². The molecule has 17 heavy (non-hydrogen) atoms. The Labute approximate surface area is 100 Å². The van der Waals surface area contributed by atoms with Crippen molar-refractivity contribution in [2.45, 2.75) is 0 Å². The third-order valence-electron chi connectivity index (χ3n) is 1.33. The first kappa shape index (κ1) is 15.8. The Hall–Kier alpha value is -1.22. The monoisotopic (exact) mass is 280 g/mol. The Morgan fingerprint density at radius 3 is 1.59 bits per heavy atom. The fourth-order valence-corrected chi connectivity index (χ4v) is 2.28. The molecule has 0 atom stereocenters. The molecule has 0 fully saturated rings. The van der Waals surface area contributed by atoms with Gasteiger partial charge in [0.1, 0.15) is 0 Å². The zero-order valence-electron chi connectivity index (χ0n) is 8.72. The van der Waals surface area contributed by atoms with Crippen LogP contribution in [-0.2, 0) is 20.2 Å². The number of hydrogen-bond donors (Lipinski definition) is 2. The largest absolute Gasteiger partial charge is 0.285 e. The topological polar surface area (TPSA) is 109 Å². The third-order valence-corrected chi connectivity index (χ3v) is 3.72. The van der Waals surface area contributed by atoms with Crippen molar-refractivity contribution in [2.24, 2.45) is 0 Å². The molecule has 0 aromatic heterocycles. The maximum absolute atomic E-state index is 9.66. The van der Waals surface area contributed by atoms with Crippen LogP contribution in [0.2, 0.25) is 0 Å². The van der Waals surface area contributed by atoms with E-state index < -0.39 is 25.3 Å². The molecular weight excluding hydrogens is 268 g/mol. The van der Waals surface area contributed by atoms with Gasteiger partial charge in [-0.2, -0.15) is 16.8 Å². The van der Waals surface area contributed by atoms with Gasteiger partial charge in [-0.25, -0.2) is 0 Å². The molecule has 0 spiro atoms. The van der Waals surface area contributed by atoms with Crippen LogP contribution >= 0.6 is 0 Å². The lowest BCUT2D eigenvalue weighted by molar-refractivity contribution is 0.471. The summed E-state index contributed by atoms with van der Waals surface area (Å²) in [5.74, 6) is 0. The molecule has 0 bridgehead atoms. The maximum atomic E-state index is 9.66. The fourth-order valence-electron chi connectivity index (χ4n) is 0.777. The summed E-state index contributed by atoms with van der Waals surface area (Å²) in [5.41, 5.74) is 1.17. The van der Waals surface area contributed by atoms with Crippen LogP contribution in [0.4, 0.5) is 0 Å². The molecule has 96 valence electrons. The van der Waals surface area contributed by atoms with Crippen molar-refractivity contribution in [3.8, 4) is 0 Å². The molecule has 1 aromatic carbocycles. The number of rotatable bonds is 3. The van der Waals surface area contributed by atoms with E-state index in [1.165, 1.54) is 5.56 Å². The number of hydrogen-bond acceptors (Lipinski definition) is 4. The Bertz CT molecular complexity index is 514. The molecule has 0 aliphatic rings. The molecule has 6 nitrogen and oxygen atoms in total. The summed E-state index contributed by atoms with van der Waals surface area (Å²) in [6.07, 6.45) is 1.83. The van der Waals surface area contributed by atoms with Gasteiger partial charge < -0.3 is 0 Å². The van der Waals surface area contributed by atoms with Crippen LogP contribution in [0.1, 0.15) is 5.56 Å². The Balaban J connectivity index is 0.000000302. The van der Waals surface area contributed by atoms with E-state index in [4.69, 9.17) is 9.11 Å². The minimum Gasteiger partial charge on any atom is -0.285 e. The van der Waals surface area contributed by atoms with Gasteiger partial charge in [-0.3, -0.25) is 9.11 Å². The van der Waals surface area contributed by atoms with E-state index in [9.17, 15) is 16.8 Å². The van der Waals surface area contributed by atoms with Crippen molar-refractivity contribution in [1.29, 1.82) is 0 Å². The van der Waals surface area contributed by atoms with E-state index in [-0.39, 0.29) is 0 Å². The summed E-state index contributed by atoms with van der Waals surface area (Å²) in [7, 11) is -9.24. The highest BCUT2D eigenvalue weighted by atomic mass is 32.3. The molecular formula is C9H12O6S2. The zero-order chi connectivity index (χ0) is 13.5. The van der Waals surface area contributed by atoms with Crippen LogP contribution in [0.25, 0.3) is 6.08 Å². The molecule has 0 saturated heterocycles. The number of benzene rings is 1. The average molecular weight is 280 g/mol. The lowest BCUT2D eigenvalue weighted by atomic mass is 10.2. The van der Waals surface area contributed by atoms with Crippen LogP contribution in [0, 0.1) is 0 Å². The van der Waals surface area contributed by atoms with E-state index in [0.29, 0.717) is 0 Å². The van der Waals surface area contributed by atoms with Crippen molar-refractivity contribution in [3.63, 3.8) is 0 Å². The second-order valence-electron chi connectivity index (χ2n) is 2.90. The van der Waals surface area contributed by atoms with Crippen LogP contribution < -0.4 is 0 Å². The molecule has 8 heteroatoms. The molecule has 0 aliphatic carbocycles. The summed E-state index contributed by atoms with van der Waals surface area (Å²) in [6, 6.07) is 10.0.